The summed E-state index contributed by atoms with van der Waals surface area (Å²) in [5, 5.41) is 19.1. The molecule has 1 rings (SSSR count). The molecule has 0 aliphatic heterocycles. The maximum atomic E-state index is 11.1. The molecule has 0 saturated carbocycles. The smallest absolute Gasteiger partial charge is 0.352 e. The minimum absolute atomic E-state index is 0.0393. The summed E-state index contributed by atoms with van der Waals surface area (Å²) >= 11 is 0. The number of allylic oxidation sites excluding steroid dienone is 1. The third-order valence-electron chi connectivity index (χ3n) is 2.55. The third-order valence-corrected chi connectivity index (χ3v) is 2.55. The Balaban J connectivity index is 3.47. The molecule has 0 atom stereocenters. The molecule has 0 aliphatic carbocycles. The molecule has 1 heterocycles. The van der Waals surface area contributed by atoms with Crippen LogP contribution >= 0.6 is 0 Å². The number of aromatic nitrogens is 1. The molecule has 0 aliphatic rings. The molecule has 18 heavy (non-hydrogen) atoms. The van der Waals surface area contributed by atoms with Gasteiger partial charge in [0.25, 0.3) is 0 Å². The van der Waals surface area contributed by atoms with Gasteiger partial charge in [0.1, 0.15) is 5.69 Å². The average molecular weight is 249 g/mol. The van der Waals surface area contributed by atoms with Gasteiger partial charge >= 0.3 is 11.9 Å². The second kappa shape index (κ2) is 5.86. The summed E-state index contributed by atoms with van der Waals surface area (Å²) in [6, 6.07) is 0. The van der Waals surface area contributed by atoms with Gasteiger partial charge in [0.05, 0.1) is 0 Å². The highest BCUT2D eigenvalue weighted by molar-refractivity contribution is 5.87. The number of H-pyrrole nitrogens is 1. The van der Waals surface area contributed by atoms with E-state index in [1.807, 2.05) is 0 Å². The zero-order valence-corrected chi connectivity index (χ0v) is 10.1. The molecule has 0 radical (unpaired) electrons. The second-order valence-corrected chi connectivity index (χ2v) is 3.70. The normalized spacial score (nSPS) is 12.7. The standard InChI is InChI=1S/C13H15NO4/c1-3-5-8-9(6-7-11(15)16)12(13(17)18)14-10(8)4-2/h3-5,14H,1,6-7H2,2H3,(H,15,16)(H,17,18)/b8-5-,10-4+. The van der Waals surface area contributed by atoms with Crippen molar-refractivity contribution in [2.75, 3.05) is 0 Å². The lowest BCUT2D eigenvalue weighted by Crippen LogP contribution is -2.24. The van der Waals surface area contributed by atoms with E-state index >= 15 is 0 Å². The summed E-state index contributed by atoms with van der Waals surface area (Å²) in [5.74, 6) is -2.05. The predicted octanol–water partition coefficient (Wildman–Crippen LogP) is 0.497. The van der Waals surface area contributed by atoms with Crippen LogP contribution < -0.4 is 10.6 Å². The molecule has 3 N–H and O–H groups in total. The summed E-state index contributed by atoms with van der Waals surface area (Å²) in [7, 11) is 0. The topological polar surface area (TPSA) is 90.4 Å². The van der Waals surface area contributed by atoms with Gasteiger partial charge in [-0.15, -0.1) is 0 Å². The molecule has 0 spiro atoms. The van der Waals surface area contributed by atoms with Gasteiger partial charge in [-0.05, 0) is 18.9 Å². The summed E-state index contributed by atoms with van der Waals surface area (Å²) in [6.45, 7) is 5.35. The van der Waals surface area contributed by atoms with E-state index in [1.165, 1.54) is 0 Å². The number of hydrogen-bond donors (Lipinski definition) is 3. The largest absolute Gasteiger partial charge is 0.481 e. The van der Waals surface area contributed by atoms with Crippen molar-refractivity contribution in [3.05, 3.63) is 34.5 Å². The first-order valence-corrected chi connectivity index (χ1v) is 5.46. The van der Waals surface area contributed by atoms with Crippen molar-refractivity contribution in [1.82, 2.24) is 4.98 Å². The van der Waals surface area contributed by atoms with Gasteiger partial charge < -0.3 is 15.2 Å². The Hall–Kier alpha value is -2.30. The van der Waals surface area contributed by atoms with Crippen LogP contribution in [0.15, 0.2) is 12.7 Å². The highest BCUT2D eigenvalue weighted by Crippen LogP contribution is 2.03. The molecule has 0 bridgehead atoms. The Kier molecular flexibility index (Phi) is 4.48. The number of nitrogens with one attached hydrogen (secondary N) is 1. The van der Waals surface area contributed by atoms with Crippen molar-refractivity contribution in [3.63, 3.8) is 0 Å². The van der Waals surface area contributed by atoms with E-state index in [1.54, 1.807) is 25.2 Å². The number of aromatic amines is 1. The fourth-order valence-corrected chi connectivity index (χ4v) is 1.78. The number of aliphatic carboxylic acids is 1. The molecular weight excluding hydrogens is 234 g/mol. The molecule has 0 amide bonds. The lowest BCUT2D eigenvalue weighted by atomic mass is 10.1. The van der Waals surface area contributed by atoms with E-state index in [2.05, 4.69) is 11.6 Å². The predicted molar refractivity (Wildman–Crippen MR) is 67.8 cm³/mol. The van der Waals surface area contributed by atoms with E-state index < -0.39 is 11.9 Å². The van der Waals surface area contributed by atoms with Crippen LogP contribution in [0.25, 0.3) is 12.2 Å². The molecule has 1 aromatic heterocycles. The highest BCUT2D eigenvalue weighted by Gasteiger charge is 2.15. The summed E-state index contributed by atoms with van der Waals surface area (Å²) < 4.78 is 0. The van der Waals surface area contributed by atoms with Gasteiger partial charge in [-0.2, -0.15) is 0 Å². The van der Waals surface area contributed by atoms with Crippen LogP contribution in [-0.4, -0.2) is 27.1 Å². The Morgan fingerprint density at radius 2 is 2.06 bits per heavy atom. The van der Waals surface area contributed by atoms with E-state index in [-0.39, 0.29) is 18.5 Å². The number of aromatic carboxylic acids is 1. The third kappa shape index (κ3) is 2.88. The number of carbonyl (C=O) groups is 2. The van der Waals surface area contributed by atoms with E-state index in [4.69, 9.17) is 10.2 Å². The first-order valence-electron chi connectivity index (χ1n) is 5.46. The zero-order chi connectivity index (χ0) is 13.7. The van der Waals surface area contributed by atoms with Gasteiger partial charge in [-0.25, -0.2) is 4.79 Å². The van der Waals surface area contributed by atoms with Crippen LogP contribution in [0.4, 0.5) is 0 Å². The fraction of sp³-hybridized carbons (Fsp3) is 0.231. The molecule has 5 heteroatoms. The van der Waals surface area contributed by atoms with E-state index in [0.717, 1.165) is 0 Å². The quantitative estimate of drug-likeness (QED) is 0.708. The van der Waals surface area contributed by atoms with Gasteiger partial charge in [0, 0.05) is 17.0 Å². The Morgan fingerprint density at radius 1 is 1.39 bits per heavy atom. The van der Waals surface area contributed by atoms with Gasteiger partial charge in [0.15, 0.2) is 0 Å². The van der Waals surface area contributed by atoms with Gasteiger partial charge in [-0.1, -0.05) is 24.8 Å². The monoisotopic (exact) mass is 249 g/mol. The first kappa shape index (κ1) is 13.8. The number of carboxylic acids is 2. The molecule has 0 fully saturated rings. The van der Waals surface area contributed by atoms with Crippen molar-refractivity contribution in [1.29, 1.82) is 0 Å². The van der Waals surface area contributed by atoms with E-state index in [0.29, 0.717) is 16.1 Å². The van der Waals surface area contributed by atoms with Crippen LogP contribution in [0.2, 0.25) is 0 Å². The molecule has 0 saturated heterocycles. The molecular formula is C13H15NO4. The van der Waals surface area contributed by atoms with Crippen LogP contribution in [0.1, 0.15) is 29.4 Å². The average Bonchev–Trinajstić information content (AvgIpc) is 2.65. The summed E-state index contributed by atoms with van der Waals surface area (Å²) in [4.78, 5) is 24.5. The zero-order valence-electron chi connectivity index (χ0n) is 10.1. The molecule has 5 nitrogen and oxygen atoms in total. The SMILES string of the molecule is C=C/C=c1/c(CCC(=O)O)c(C(=O)O)[nH]/c1=C/C. The minimum Gasteiger partial charge on any atom is -0.481 e. The first-order chi connectivity index (χ1) is 8.51. The summed E-state index contributed by atoms with van der Waals surface area (Å²) in [5.41, 5.74) is 0.537. The van der Waals surface area contributed by atoms with Gasteiger partial charge in [0.2, 0.25) is 0 Å². The minimum atomic E-state index is -1.10. The number of carboxylic acid groups (broad SMARTS) is 2. The van der Waals surface area contributed by atoms with E-state index in [9.17, 15) is 9.59 Å². The van der Waals surface area contributed by atoms with Crippen LogP contribution in [0.3, 0.4) is 0 Å². The van der Waals surface area contributed by atoms with Crippen molar-refractivity contribution >= 4 is 24.1 Å². The van der Waals surface area contributed by atoms with Crippen LogP contribution in [0.5, 0.6) is 0 Å². The van der Waals surface area contributed by atoms with Crippen LogP contribution in [0, 0.1) is 0 Å². The Labute approximate surface area is 104 Å². The molecule has 96 valence electrons. The van der Waals surface area contributed by atoms with Crippen molar-refractivity contribution in [2.24, 2.45) is 0 Å². The maximum Gasteiger partial charge on any atom is 0.352 e. The van der Waals surface area contributed by atoms with Crippen molar-refractivity contribution in [3.8, 4) is 0 Å². The highest BCUT2D eigenvalue weighted by atomic mass is 16.4. The Bertz CT molecular complexity index is 595. The summed E-state index contributed by atoms with van der Waals surface area (Å²) in [6.07, 6.45) is 5.02. The number of rotatable bonds is 5. The van der Waals surface area contributed by atoms with Crippen LogP contribution in [-0.2, 0) is 11.2 Å². The second-order valence-electron chi connectivity index (χ2n) is 3.70. The van der Waals surface area contributed by atoms with Gasteiger partial charge in [-0.3, -0.25) is 4.79 Å². The maximum absolute atomic E-state index is 11.1. The lowest BCUT2D eigenvalue weighted by Gasteiger charge is -1.97. The molecule has 0 aromatic carbocycles. The fourth-order valence-electron chi connectivity index (χ4n) is 1.78. The Morgan fingerprint density at radius 3 is 2.50 bits per heavy atom. The molecule has 0 unspecified atom stereocenters. The van der Waals surface area contributed by atoms with Crippen molar-refractivity contribution in [2.45, 2.75) is 19.8 Å². The van der Waals surface area contributed by atoms with Crippen molar-refractivity contribution < 1.29 is 19.8 Å². The number of hydrogen-bond acceptors (Lipinski definition) is 2. The molecule has 1 aromatic rings. The lowest BCUT2D eigenvalue weighted by molar-refractivity contribution is -0.136.